The van der Waals surface area contributed by atoms with E-state index in [2.05, 4.69) is 5.32 Å². The highest BCUT2D eigenvalue weighted by Gasteiger charge is 2.33. The van der Waals surface area contributed by atoms with Gasteiger partial charge in [-0.1, -0.05) is 42.5 Å². The molecule has 4 nitrogen and oxygen atoms in total. The molecule has 0 radical (unpaired) electrons. The lowest BCUT2D eigenvalue weighted by Gasteiger charge is -2.20. The van der Waals surface area contributed by atoms with Gasteiger partial charge in [0.25, 0.3) is 0 Å². The minimum Gasteiger partial charge on any atom is -0.497 e. The Morgan fingerprint density at radius 2 is 1.76 bits per heavy atom. The molecule has 3 rings (SSSR count). The van der Waals surface area contributed by atoms with Gasteiger partial charge in [0.05, 0.1) is 13.2 Å². The van der Waals surface area contributed by atoms with Gasteiger partial charge in [-0.3, -0.25) is 4.79 Å². The smallest absolute Gasteiger partial charge is 0.222 e. The molecule has 2 aromatic carbocycles. The monoisotopic (exact) mass is 360 g/mol. The van der Waals surface area contributed by atoms with Crippen molar-refractivity contribution in [3.05, 3.63) is 65.7 Å². The number of hydrogen-bond donors (Lipinski definition) is 2. The van der Waals surface area contributed by atoms with Crippen molar-refractivity contribution >= 4 is 18.3 Å². The van der Waals surface area contributed by atoms with E-state index in [0.717, 1.165) is 29.7 Å². The van der Waals surface area contributed by atoms with Crippen molar-refractivity contribution in [3.8, 4) is 5.75 Å². The Morgan fingerprint density at radius 1 is 1.12 bits per heavy atom. The summed E-state index contributed by atoms with van der Waals surface area (Å²) in [5.41, 5.74) is 8.27. The second kappa shape index (κ2) is 8.88. The Balaban J connectivity index is 0.00000225. The molecule has 1 aliphatic rings. The van der Waals surface area contributed by atoms with Gasteiger partial charge in [0.2, 0.25) is 5.91 Å². The molecule has 2 atom stereocenters. The highest BCUT2D eigenvalue weighted by atomic mass is 35.5. The highest BCUT2D eigenvalue weighted by Crippen LogP contribution is 2.41. The van der Waals surface area contributed by atoms with Gasteiger partial charge in [-0.25, -0.2) is 0 Å². The molecule has 3 N–H and O–H groups in total. The minimum absolute atomic E-state index is 0. The molecule has 0 aromatic heterocycles. The molecule has 0 aliphatic heterocycles. The number of carbonyl (C=O) groups is 1. The number of rotatable bonds is 7. The summed E-state index contributed by atoms with van der Waals surface area (Å²) in [6.07, 6.45) is 2.60. The van der Waals surface area contributed by atoms with E-state index in [1.807, 2.05) is 54.6 Å². The number of carbonyl (C=O) groups excluding carboxylic acids is 1. The molecule has 25 heavy (non-hydrogen) atoms. The van der Waals surface area contributed by atoms with Gasteiger partial charge in [-0.05, 0) is 42.0 Å². The van der Waals surface area contributed by atoms with Crippen molar-refractivity contribution < 1.29 is 9.53 Å². The van der Waals surface area contributed by atoms with Crippen LogP contribution < -0.4 is 15.8 Å². The van der Waals surface area contributed by atoms with E-state index in [1.54, 1.807) is 7.11 Å². The topological polar surface area (TPSA) is 64.3 Å². The van der Waals surface area contributed by atoms with E-state index in [9.17, 15) is 4.79 Å². The second-order valence-electron chi connectivity index (χ2n) is 6.38. The molecule has 2 unspecified atom stereocenters. The summed E-state index contributed by atoms with van der Waals surface area (Å²) in [5, 5.41) is 3.17. The van der Waals surface area contributed by atoms with Crippen LogP contribution >= 0.6 is 12.4 Å². The second-order valence-corrected chi connectivity index (χ2v) is 6.38. The van der Waals surface area contributed by atoms with Gasteiger partial charge < -0.3 is 15.8 Å². The first-order valence-corrected chi connectivity index (χ1v) is 8.41. The zero-order valence-corrected chi connectivity index (χ0v) is 15.2. The van der Waals surface area contributed by atoms with Crippen LogP contribution in [0.15, 0.2) is 54.6 Å². The Bertz CT molecular complexity index is 672. The number of nitrogens with one attached hydrogen (secondary N) is 1. The van der Waals surface area contributed by atoms with Crippen LogP contribution in [0.5, 0.6) is 5.75 Å². The lowest BCUT2D eigenvalue weighted by atomic mass is 10.0. The number of ether oxygens (including phenoxy) is 1. The van der Waals surface area contributed by atoms with E-state index in [0.29, 0.717) is 12.3 Å². The quantitative estimate of drug-likeness (QED) is 0.789. The van der Waals surface area contributed by atoms with Crippen LogP contribution in [0.3, 0.4) is 0 Å². The zero-order valence-electron chi connectivity index (χ0n) is 14.4. The van der Waals surface area contributed by atoms with Crippen LogP contribution in [-0.2, 0) is 4.79 Å². The molecular formula is C20H25ClN2O2. The van der Waals surface area contributed by atoms with Gasteiger partial charge in [0, 0.05) is 12.5 Å². The van der Waals surface area contributed by atoms with Crippen LogP contribution in [-0.4, -0.2) is 13.0 Å². The van der Waals surface area contributed by atoms with Crippen LogP contribution in [0.1, 0.15) is 42.5 Å². The standard InChI is InChI=1S/C20H24N2O2.ClH/c1-24-17-11-9-16(10-12-17)20(15-7-8-15)22-19(23)13-18(21)14-5-3-2-4-6-14;/h2-6,9-12,15,18,20H,7-8,13,21H2,1H3,(H,22,23);1H. The largest absolute Gasteiger partial charge is 0.497 e. The predicted octanol–water partition coefficient (Wildman–Crippen LogP) is 3.77. The van der Waals surface area contributed by atoms with Crippen molar-refractivity contribution in [1.82, 2.24) is 5.32 Å². The highest BCUT2D eigenvalue weighted by molar-refractivity contribution is 5.85. The molecule has 0 bridgehead atoms. The van der Waals surface area contributed by atoms with E-state index in [-0.39, 0.29) is 30.4 Å². The number of halogens is 1. The number of hydrogen-bond acceptors (Lipinski definition) is 3. The summed E-state index contributed by atoms with van der Waals surface area (Å²) in [7, 11) is 1.65. The minimum atomic E-state index is -0.276. The van der Waals surface area contributed by atoms with Gasteiger partial charge in [0.15, 0.2) is 0 Å². The Labute approximate surface area is 155 Å². The van der Waals surface area contributed by atoms with E-state index in [1.165, 1.54) is 0 Å². The van der Waals surface area contributed by atoms with E-state index >= 15 is 0 Å². The van der Waals surface area contributed by atoms with Crippen LogP contribution in [0.2, 0.25) is 0 Å². The van der Waals surface area contributed by atoms with Gasteiger partial charge in [-0.2, -0.15) is 0 Å². The molecule has 1 aliphatic carbocycles. The fraction of sp³-hybridized carbons (Fsp3) is 0.350. The third-order valence-corrected chi connectivity index (χ3v) is 4.52. The number of methoxy groups -OCH3 is 1. The van der Waals surface area contributed by atoms with Crippen LogP contribution in [0.4, 0.5) is 0 Å². The SMILES string of the molecule is COc1ccc(C(NC(=O)CC(N)c2ccccc2)C2CC2)cc1.Cl. The molecule has 134 valence electrons. The summed E-state index contributed by atoms with van der Waals surface area (Å²) >= 11 is 0. The maximum Gasteiger partial charge on any atom is 0.222 e. The summed E-state index contributed by atoms with van der Waals surface area (Å²) in [4.78, 5) is 12.5. The molecule has 2 aromatic rings. The van der Waals surface area contributed by atoms with Gasteiger partial charge >= 0.3 is 0 Å². The molecule has 0 saturated heterocycles. The maximum absolute atomic E-state index is 12.5. The van der Waals surface area contributed by atoms with E-state index < -0.39 is 0 Å². The zero-order chi connectivity index (χ0) is 16.9. The first-order chi connectivity index (χ1) is 11.7. The van der Waals surface area contributed by atoms with E-state index in [4.69, 9.17) is 10.5 Å². The number of nitrogens with two attached hydrogens (primary N) is 1. The first-order valence-electron chi connectivity index (χ1n) is 8.41. The predicted molar refractivity (Wildman–Crippen MR) is 102 cm³/mol. The van der Waals surface area contributed by atoms with Crippen molar-refractivity contribution in [2.24, 2.45) is 11.7 Å². The van der Waals surface area contributed by atoms with Crippen molar-refractivity contribution in [1.29, 1.82) is 0 Å². The Kier molecular flexibility index (Phi) is 6.85. The number of benzene rings is 2. The lowest BCUT2D eigenvalue weighted by molar-refractivity contribution is -0.122. The summed E-state index contributed by atoms with van der Waals surface area (Å²) in [5.74, 6) is 1.35. The first kappa shape index (κ1) is 19.3. The molecule has 1 amide bonds. The average Bonchev–Trinajstić information content (AvgIpc) is 3.45. The normalized spacial score (nSPS) is 15.6. The van der Waals surface area contributed by atoms with Crippen LogP contribution in [0, 0.1) is 5.92 Å². The lowest BCUT2D eigenvalue weighted by Crippen LogP contribution is -2.32. The Morgan fingerprint density at radius 3 is 2.32 bits per heavy atom. The summed E-state index contributed by atoms with van der Waals surface area (Å²) in [6.45, 7) is 0. The maximum atomic E-state index is 12.5. The molecule has 5 heteroatoms. The average molecular weight is 361 g/mol. The molecule has 0 spiro atoms. The molecule has 1 fully saturated rings. The van der Waals surface area contributed by atoms with Crippen LogP contribution in [0.25, 0.3) is 0 Å². The summed E-state index contributed by atoms with van der Waals surface area (Å²) < 4.78 is 5.20. The molecule has 1 saturated carbocycles. The van der Waals surface area contributed by atoms with Gasteiger partial charge in [-0.15, -0.1) is 12.4 Å². The van der Waals surface area contributed by atoms with Crippen molar-refractivity contribution in [2.45, 2.75) is 31.3 Å². The van der Waals surface area contributed by atoms with Crippen molar-refractivity contribution in [2.75, 3.05) is 7.11 Å². The molecule has 0 heterocycles. The van der Waals surface area contributed by atoms with Gasteiger partial charge in [0.1, 0.15) is 5.75 Å². The third-order valence-electron chi connectivity index (χ3n) is 4.52. The Hall–Kier alpha value is -2.04. The summed E-state index contributed by atoms with van der Waals surface area (Å²) in [6, 6.07) is 17.5. The fourth-order valence-corrected chi connectivity index (χ4v) is 2.96. The fourth-order valence-electron chi connectivity index (χ4n) is 2.96. The van der Waals surface area contributed by atoms with Crippen molar-refractivity contribution in [3.63, 3.8) is 0 Å². The molecular weight excluding hydrogens is 336 g/mol. The number of amides is 1. The third kappa shape index (κ3) is 5.21.